The maximum absolute atomic E-state index is 12.8. The summed E-state index contributed by atoms with van der Waals surface area (Å²) in [4.78, 5) is 24.4. The van der Waals surface area contributed by atoms with Gasteiger partial charge in [-0.15, -0.1) is 5.10 Å². The van der Waals surface area contributed by atoms with E-state index in [2.05, 4.69) is 17.2 Å². The van der Waals surface area contributed by atoms with Gasteiger partial charge in [-0.3, -0.25) is 9.48 Å². The average Bonchev–Trinajstić information content (AvgIpc) is 2.98. The molecule has 1 N–H and O–H groups in total. The fourth-order valence-electron chi connectivity index (χ4n) is 3.50. The number of sulfone groups is 1. The number of carbonyl (C=O) groups excluding carboxylic acids is 1. The van der Waals surface area contributed by atoms with Crippen LogP contribution in [0.2, 0.25) is 0 Å². The van der Waals surface area contributed by atoms with Gasteiger partial charge in [0.1, 0.15) is 10.1 Å². The van der Waals surface area contributed by atoms with Crippen molar-refractivity contribution in [2.75, 3.05) is 0 Å². The van der Waals surface area contributed by atoms with Crippen LogP contribution in [-0.4, -0.2) is 61.5 Å². The van der Waals surface area contributed by atoms with Crippen LogP contribution in [0.5, 0.6) is 0 Å². The third-order valence-electron chi connectivity index (χ3n) is 4.89. The first-order chi connectivity index (χ1) is 11.2. The predicted octanol–water partition coefficient (Wildman–Crippen LogP) is -0.181. The fraction of sp³-hybridized carbons (Fsp3) is 0.714. The van der Waals surface area contributed by atoms with Crippen molar-refractivity contribution >= 4 is 21.7 Å². The lowest BCUT2D eigenvalue weighted by molar-refractivity contribution is -0.157. The summed E-state index contributed by atoms with van der Waals surface area (Å²) in [7, 11) is -3.83. The topological polar surface area (TPSA) is 122 Å². The highest BCUT2D eigenvalue weighted by molar-refractivity contribution is 7.93. The van der Waals surface area contributed by atoms with E-state index in [4.69, 9.17) is 0 Å². The van der Waals surface area contributed by atoms with E-state index in [0.29, 0.717) is 0 Å². The van der Waals surface area contributed by atoms with Gasteiger partial charge in [0.2, 0.25) is 5.91 Å². The van der Waals surface area contributed by atoms with E-state index in [0.717, 1.165) is 29.9 Å². The lowest BCUT2D eigenvalue weighted by Crippen LogP contribution is -2.58. The number of aliphatic carboxylic acids is 1. The number of aryl methyl sites for hydroxylation is 1. The quantitative estimate of drug-likeness (QED) is 0.701. The average molecular weight is 356 g/mol. The number of hydrogen-bond donors (Lipinski definition) is 1. The van der Waals surface area contributed by atoms with Gasteiger partial charge in [-0.1, -0.05) is 18.6 Å². The number of fused-ring (bicyclic) bond motifs is 1. The number of carboxylic acids is 1. The fourth-order valence-corrected chi connectivity index (χ4v) is 5.86. The van der Waals surface area contributed by atoms with Crippen LogP contribution in [0.3, 0.4) is 0 Å². The molecule has 2 saturated heterocycles. The Kier molecular flexibility index (Phi) is 3.89. The maximum Gasteiger partial charge on any atom is 0.328 e. The Morgan fingerprint density at radius 1 is 1.50 bits per heavy atom. The number of hydrogen-bond acceptors (Lipinski definition) is 6. The van der Waals surface area contributed by atoms with Crippen LogP contribution in [-0.2, 0) is 32.4 Å². The zero-order valence-corrected chi connectivity index (χ0v) is 14.4. The number of β-lactam (4-membered cyclic amide) rings is 1. The molecule has 0 radical (unpaired) electrons. The van der Waals surface area contributed by atoms with E-state index in [-0.39, 0.29) is 13.0 Å². The maximum atomic E-state index is 12.8. The first kappa shape index (κ1) is 16.9. The Balaban J connectivity index is 1.93. The second kappa shape index (κ2) is 5.54. The van der Waals surface area contributed by atoms with Gasteiger partial charge < -0.3 is 10.0 Å². The zero-order chi connectivity index (χ0) is 17.7. The van der Waals surface area contributed by atoms with Crippen LogP contribution in [0, 0.1) is 0 Å². The smallest absolute Gasteiger partial charge is 0.328 e. The van der Waals surface area contributed by atoms with Gasteiger partial charge in [-0.25, -0.2) is 13.2 Å². The second-order valence-electron chi connectivity index (χ2n) is 6.57. The third-order valence-corrected chi connectivity index (χ3v) is 7.66. The molecule has 1 aromatic heterocycles. The van der Waals surface area contributed by atoms with Crippen molar-refractivity contribution in [3.8, 4) is 0 Å². The molecule has 2 aliphatic rings. The van der Waals surface area contributed by atoms with E-state index < -0.39 is 37.9 Å². The van der Waals surface area contributed by atoms with Crippen molar-refractivity contribution in [3.05, 3.63) is 11.9 Å². The Morgan fingerprint density at radius 2 is 2.21 bits per heavy atom. The minimum absolute atomic E-state index is 0.147. The number of carbonyl (C=O) groups is 2. The summed E-state index contributed by atoms with van der Waals surface area (Å²) in [6.07, 6.45) is 4.16. The molecule has 3 atom stereocenters. The van der Waals surface area contributed by atoms with E-state index in [1.165, 1.54) is 11.6 Å². The molecule has 0 unspecified atom stereocenters. The summed E-state index contributed by atoms with van der Waals surface area (Å²) >= 11 is 0. The molecule has 24 heavy (non-hydrogen) atoms. The number of rotatable bonds is 6. The second-order valence-corrected chi connectivity index (χ2v) is 9.14. The first-order valence-corrected chi connectivity index (χ1v) is 9.43. The molecule has 3 rings (SSSR count). The van der Waals surface area contributed by atoms with Crippen LogP contribution in [0.25, 0.3) is 0 Å². The van der Waals surface area contributed by atoms with Crippen molar-refractivity contribution in [2.45, 2.75) is 62.2 Å². The molecule has 0 aliphatic carbocycles. The molecule has 0 spiro atoms. The number of amides is 1. The Bertz CT molecular complexity index is 789. The first-order valence-electron chi connectivity index (χ1n) is 7.89. The molecule has 132 valence electrons. The molecule has 3 heterocycles. The number of aromatic nitrogens is 3. The van der Waals surface area contributed by atoms with Gasteiger partial charge >= 0.3 is 5.97 Å². The largest absolute Gasteiger partial charge is 0.480 e. The molecule has 2 fully saturated rings. The predicted molar refractivity (Wildman–Crippen MR) is 82.6 cm³/mol. The van der Waals surface area contributed by atoms with Crippen LogP contribution < -0.4 is 0 Å². The summed E-state index contributed by atoms with van der Waals surface area (Å²) in [6, 6.07) is -1.41. The lowest BCUT2D eigenvalue weighted by Gasteiger charge is -2.35. The monoisotopic (exact) mass is 356 g/mol. The minimum atomic E-state index is -3.83. The third kappa shape index (κ3) is 2.23. The van der Waals surface area contributed by atoms with Crippen LogP contribution in [0.4, 0.5) is 0 Å². The molecule has 1 amide bonds. The number of unbranched alkanes of at least 4 members (excludes halogenated alkanes) is 1. The summed E-state index contributed by atoms with van der Waals surface area (Å²) in [6.45, 7) is 3.28. The van der Waals surface area contributed by atoms with Crippen LogP contribution in [0.15, 0.2) is 6.20 Å². The summed E-state index contributed by atoms with van der Waals surface area (Å²) in [5.74, 6) is -1.76. The van der Waals surface area contributed by atoms with E-state index in [9.17, 15) is 23.1 Å². The summed E-state index contributed by atoms with van der Waals surface area (Å²) in [5.41, 5.74) is 0.738. The zero-order valence-electron chi connectivity index (χ0n) is 13.5. The molecule has 0 bridgehead atoms. The highest BCUT2D eigenvalue weighted by Gasteiger charge is 2.70. The number of carboxylic acid groups (broad SMARTS) is 1. The van der Waals surface area contributed by atoms with E-state index in [1.54, 1.807) is 6.20 Å². The van der Waals surface area contributed by atoms with Crippen molar-refractivity contribution in [1.29, 1.82) is 0 Å². The number of nitrogens with zero attached hydrogens (tertiary/aromatic N) is 4. The molecule has 9 nitrogen and oxygen atoms in total. The summed E-state index contributed by atoms with van der Waals surface area (Å²) < 4.78 is 25.3. The highest BCUT2D eigenvalue weighted by Crippen LogP contribution is 2.46. The Morgan fingerprint density at radius 3 is 2.79 bits per heavy atom. The van der Waals surface area contributed by atoms with Crippen molar-refractivity contribution < 1.29 is 23.1 Å². The van der Waals surface area contributed by atoms with Gasteiger partial charge in [-0.2, -0.15) is 0 Å². The molecule has 0 saturated carbocycles. The van der Waals surface area contributed by atoms with Gasteiger partial charge in [0, 0.05) is 6.20 Å². The summed E-state index contributed by atoms with van der Waals surface area (Å²) in [5, 5.41) is 16.4. The SMILES string of the molecule is CCCCc1cn(C[C@@]2(C)[C@H](C(=O)O)N3C(=O)C[C@H]3S2(=O)=O)nn1. The van der Waals surface area contributed by atoms with Crippen molar-refractivity contribution in [2.24, 2.45) is 0 Å². The van der Waals surface area contributed by atoms with E-state index >= 15 is 0 Å². The molecular weight excluding hydrogens is 336 g/mol. The van der Waals surface area contributed by atoms with Crippen molar-refractivity contribution in [3.63, 3.8) is 0 Å². The van der Waals surface area contributed by atoms with Crippen molar-refractivity contribution in [1.82, 2.24) is 19.9 Å². The molecule has 0 aromatic carbocycles. The van der Waals surface area contributed by atoms with Gasteiger partial charge in [0.15, 0.2) is 15.9 Å². The van der Waals surface area contributed by atoms with Crippen LogP contribution in [0.1, 0.15) is 38.8 Å². The van der Waals surface area contributed by atoms with Crippen LogP contribution >= 0.6 is 0 Å². The molecule has 1 aromatic rings. The molecule has 2 aliphatic heterocycles. The van der Waals surface area contributed by atoms with Gasteiger partial charge in [0.05, 0.1) is 18.7 Å². The highest BCUT2D eigenvalue weighted by atomic mass is 32.2. The van der Waals surface area contributed by atoms with E-state index in [1.807, 2.05) is 0 Å². The molecule has 10 heteroatoms. The Hall–Kier alpha value is -1.97. The van der Waals surface area contributed by atoms with Gasteiger partial charge in [-0.05, 0) is 19.8 Å². The lowest BCUT2D eigenvalue weighted by atomic mass is 9.96. The standard InChI is InChI=1S/C14H20N4O5S/c1-3-4-5-9-7-17(16-15-9)8-14(2)12(13(20)21)18-10(19)6-11(18)24(14,22)23/h7,11-12H,3-6,8H2,1-2H3,(H,20,21)/t11-,12+,14+/m1/s1. The molecular formula is C14H20N4O5S. The minimum Gasteiger partial charge on any atom is -0.480 e. The van der Waals surface area contributed by atoms with Gasteiger partial charge in [0.25, 0.3) is 0 Å². The Labute approximate surface area is 139 Å². The normalized spacial score (nSPS) is 30.9.